The molecule has 0 aromatic carbocycles. The minimum absolute atomic E-state index is 0.189. The third-order valence-corrected chi connectivity index (χ3v) is 4.14. The first-order valence-electron chi connectivity index (χ1n) is 4.10. The number of rotatable bonds is 1. The fourth-order valence-corrected chi connectivity index (χ4v) is 4.11. The van der Waals surface area contributed by atoms with Crippen LogP contribution in [0.1, 0.15) is 27.2 Å². The van der Waals surface area contributed by atoms with Crippen molar-refractivity contribution in [3.8, 4) is 0 Å². The van der Waals surface area contributed by atoms with Gasteiger partial charge < -0.3 is 9.05 Å². The van der Waals surface area contributed by atoms with Crippen LogP contribution < -0.4 is 0 Å². The van der Waals surface area contributed by atoms with Gasteiger partial charge in [0.1, 0.15) is 0 Å². The second kappa shape index (κ2) is 3.97. The van der Waals surface area contributed by atoms with E-state index in [9.17, 15) is 0 Å². The maximum absolute atomic E-state index is 5.57. The van der Waals surface area contributed by atoms with Crippen LogP contribution in [-0.2, 0) is 20.9 Å². The van der Waals surface area contributed by atoms with Crippen LogP contribution in [0.15, 0.2) is 0 Å². The SMILES string of the molecule is CC1CC(C(C)C)OP(=S)(S)O1. The zero-order valence-electron chi connectivity index (χ0n) is 7.56. The summed E-state index contributed by atoms with van der Waals surface area (Å²) in [7, 11) is 0. The highest BCUT2D eigenvalue weighted by molar-refractivity contribution is 8.60. The second-order valence-electron chi connectivity index (χ2n) is 3.51. The summed E-state index contributed by atoms with van der Waals surface area (Å²) in [6, 6.07) is 0. The predicted octanol–water partition coefficient (Wildman–Crippen LogP) is 2.99. The first-order valence-corrected chi connectivity index (χ1v) is 7.89. The molecule has 1 aliphatic rings. The topological polar surface area (TPSA) is 18.5 Å². The molecule has 0 spiro atoms. The van der Waals surface area contributed by atoms with Crippen molar-refractivity contribution in [1.82, 2.24) is 0 Å². The molecule has 0 amide bonds. The standard InChI is InChI=1S/C7H15O2PS2/c1-5(2)7-4-6(3)8-10(11,12)9-7/h5-7H,4H2,1-3H3,(H,11,12). The van der Waals surface area contributed by atoms with Crippen LogP contribution in [0.5, 0.6) is 0 Å². The molecule has 1 rings (SSSR count). The van der Waals surface area contributed by atoms with Gasteiger partial charge in [-0.1, -0.05) is 26.1 Å². The highest BCUT2D eigenvalue weighted by atomic mass is 32.9. The van der Waals surface area contributed by atoms with E-state index in [0.717, 1.165) is 6.42 Å². The third-order valence-electron chi connectivity index (χ3n) is 1.89. The van der Waals surface area contributed by atoms with Crippen LogP contribution in [-0.4, -0.2) is 12.2 Å². The molecular weight excluding hydrogens is 211 g/mol. The first-order chi connectivity index (χ1) is 5.41. The Morgan fingerprint density at radius 1 is 1.50 bits per heavy atom. The van der Waals surface area contributed by atoms with Crippen LogP contribution in [0.3, 0.4) is 0 Å². The quantitative estimate of drug-likeness (QED) is 0.547. The van der Waals surface area contributed by atoms with Gasteiger partial charge in [0.2, 0.25) is 5.69 Å². The van der Waals surface area contributed by atoms with E-state index in [0.29, 0.717) is 5.92 Å². The number of hydrogen-bond donors (Lipinski definition) is 1. The molecule has 72 valence electrons. The molecule has 0 aliphatic carbocycles. The Morgan fingerprint density at radius 3 is 2.50 bits per heavy atom. The summed E-state index contributed by atoms with van der Waals surface area (Å²) < 4.78 is 11.0. The lowest BCUT2D eigenvalue weighted by Crippen LogP contribution is -2.28. The molecule has 0 aromatic rings. The highest BCUT2D eigenvalue weighted by Crippen LogP contribution is 2.59. The highest BCUT2D eigenvalue weighted by Gasteiger charge is 2.32. The summed E-state index contributed by atoms with van der Waals surface area (Å²) in [6.07, 6.45) is 1.34. The van der Waals surface area contributed by atoms with Gasteiger partial charge in [0.25, 0.3) is 0 Å². The molecule has 0 N–H and O–H groups in total. The molecule has 2 nitrogen and oxygen atoms in total. The maximum atomic E-state index is 5.57. The van der Waals surface area contributed by atoms with Crippen molar-refractivity contribution in [2.24, 2.45) is 5.92 Å². The minimum Gasteiger partial charge on any atom is -0.319 e. The fourth-order valence-electron chi connectivity index (χ4n) is 1.23. The van der Waals surface area contributed by atoms with Crippen molar-refractivity contribution in [2.45, 2.75) is 39.4 Å². The van der Waals surface area contributed by atoms with E-state index in [1.807, 2.05) is 6.92 Å². The van der Waals surface area contributed by atoms with Crippen molar-refractivity contribution in [1.29, 1.82) is 0 Å². The van der Waals surface area contributed by atoms with E-state index in [1.54, 1.807) is 0 Å². The number of thiol groups is 1. The number of hydrogen-bond acceptors (Lipinski definition) is 3. The minimum atomic E-state index is -2.22. The van der Waals surface area contributed by atoms with E-state index >= 15 is 0 Å². The molecular formula is C7H15O2PS2. The monoisotopic (exact) mass is 226 g/mol. The zero-order valence-corrected chi connectivity index (χ0v) is 10.2. The summed E-state index contributed by atoms with van der Waals surface area (Å²) >= 11 is 9.31. The molecule has 1 aliphatic heterocycles. The lowest BCUT2D eigenvalue weighted by molar-refractivity contribution is 0.0435. The van der Waals surface area contributed by atoms with E-state index in [1.165, 1.54) is 0 Å². The molecule has 1 saturated heterocycles. The Balaban J connectivity index is 2.64. The third kappa shape index (κ3) is 3.00. The lowest BCUT2D eigenvalue weighted by atomic mass is 10.0. The molecule has 3 atom stereocenters. The smallest absolute Gasteiger partial charge is 0.244 e. The van der Waals surface area contributed by atoms with Gasteiger partial charge in [0, 0.05) is 6.42 Å². The Hall–Kier alpha value is 0.920. The Kier molecular flexibility index (Phi) is 3.64. The second-order valence-corrected chi connectivity index (χ2v) is 8.70. The van der Waals surface area contributed by atoms with E-state index in [2.05, 4.69) is 26.1 Å². The van der Waals surface area contributed by atoms with Crippen LogP contribution in [0.25, 0.3) is 0 Å². The van der Waals surface area contributed by atoms with E-state index in [4.69, 9.17) is 20.9 Å². The van der Waals surface area contributed by atoms with Gasteiger partial charge in [-0.2, -0.15) is 0 Å². The Labute approximate surface area is 84.3 Å². The van der Waals surface area contributed by atoms with Crippen LogP contribution in [0.4, 0.5) is 0 Å². The van der Waals surface area contributed by atoms with Gasteiger partial charge >= 0.3 is 0 Å². The predicted molar refractivity (Wildman–Crippen MR) is 58.1 cm³/mol. The van der Waals surface area contributed by atoms with E-state index in [-0.39, 0.29) is 12.2 Å². The van der Waals surface area contributed by atoms with E-state index < -0.39 is 5.69 Å². The summed E-state index contributed by atoms with van der Waals surface area (Å²) in [4.78, 5) is 0. The van der Waals surface area contributed by atoms with Crippen LogP contribution in [0, 0.1) is 5.92 Å². The normalized spacial score (nSPS) is 43.4. The summed E-state index contributed by atoms with van der Waals surface area (Å²) in [6.45, 7) is 6.28. The van der Waals surface area contributed by atoms with Crippen molar-refractivity contribution >= 4 is 29.7 Å². The van der Waals surface area contributed by atoms with Gasteiger partial charge in [-0.05, 0) is 24.6 Å². The molecule has 0 radical (unpaired) electrons. The Bertz CT molecular complexity index is 208. The van der Waals surface area contributed by atoms with Gasteiger partial charge in [-0.3, -0.25) is 0 Å². The van der Waals surface area contributed by atoms with Crippen LogP contribution >= 0.6 is 17.9 Å². The average molecular weight is 226 g/mol. The summed E-state index contributed by atoms with van der Waals surface area (Å²) in [5.74, 6) is 0.492. The lowest BCUT2D eigenvalue weighted by Gasteiger charge is -2.35. The summed E-state index contributed by atoms with van der Waals surface area (Å²) in [5.41, 5.74) is -2.22. The van der Waals surface area contributed by atoms with Crippen molar-refractivity contribution in [3.05, 3.63) is 0 Å². The molecule has 1 fully saturated rings. The van der Waals surface area contributed by atoms with Crippen molar-refractivity contribution in [2.75, 3.05) is 0 Å². The molecule has 5 heteroatoms. The largest absolute Gasteiger partial charge is 0.319 e. The van der Waals surface area contributed by atoms with Gasteiger partial charge in [0.15, 0.2) is 0 Å². The molecule has 3 unspecified atom stereocenters. The zero-order chi connectivity index (χ0) is 9.35. The molecule has 0 saturated carbocycles. The molecule has 12 heavy (non-hydrogen) atoms. The Morgan fingerprint density at radius 2 is 2.08 bits per heavy atom. The van der Waals surface area contributed by atoms with Gasteiger partial charge in [-0.15, -0.1) is 0 Å². The average Bonchev–Trinajstić information content (AvgIpc) is 1.82. The first kappa shape index (κ1) is 11.0. The molecule has 1 heterocycles. The fraction of sp³-hybridized carbons (Fsp3) is 1.00. The maximum Gasteiger partial charge on any atom is 0.244 e. The van der Waals surface area contributed by atoms with Crippen LogP contribution in [0.2, 0.25) is 0 Å². The van der Waals surface area contributed by atoms with Crippen molar-refractivity contribution in [3.63, 3.8) is 0 Å². The van der Waals surface area contributed by atoms with Gasteiger partial charge in [0.05, 0.1) is 12.2 Å². The molecule has 0 aromatic heterocycles. The summed E-state index contributed by atoms with van der Waals surface area (Å²) in [5, 5.41) is 0. The molecule has 0 bridgehead atoms. The van der Waals surface area contributed by atoms with Gasteiger partial charge in [-0.25, -0.2) is 0 Å². The van der Waals surface area contributed by atoms with Crippen molar-refractivity contribution < 1.29 is 9.05 Å².